The summed E-state index contributed by atoms with van der Waals surface area (Å²) in [5.74, 6) is 1.14. The van der Waals surface area contributed by atoms with Crippen molar-refractivity contribution in [3.05, 3.63) is 53.6 Å². The zero-order chi connectivity index (χ0) is 32.2. The number of carbonyl (C=O) groups excluding carboxylic acids is 3. The van der Waals surface area contributed by atoms with Crippen molar-refractivity contribution in [1.29, 1.82) is 0 Å². The van der Waals surface area contributed by atoms with Gasteiger partial charge in [0.1, 0.15) is 35.5 Å². The normalized spacial score (nSPS) is 13.0. The van der Waals surface area contributed by atoms with Crippen molar-refractivity contribution in [2.75, 3.05) is 27.4 Å². The van der Waals surface area contributed by atoms with E-state index in [9.17, 15) is 14.4 Å². The van der Waals surface area contributed by atoms with Crippen LogP contribution < -0.4 is 24.8 Å². The number of alkyl carbamates (subject to hydrolysis) is 1. The molecule has 0 spiro atoms. The Kier molecular flexibility index (Phi) is 12.9. The van der Waals surface area contributed by atoms with Crippen molar-refractivity contribution >= 4 is 30.3 Å². The fourth-order valence-corrected chi connectivity index (χ4v) is 3.77. The van der Waals surface area contributed by atoms with Crippen LogP contribution in [0.25, 0.3) is 12.2 Å². The first-order valence-corrected chi connectivity index (χ1v) is 13.9. The van der Waals surface area contributed by atoms with Gasteiger partial charge in [0, 0.05) is 6.07 Å². The number of hydrogen-bond donors (Lipinski definition) is 2. The number of carbonyl (C=O) groups is 3. The second kappa shape index (κ2) is 15.8. The molecule has 43 heavy (non-hydrogen) atoms. The number of hydrogen-bond acceptors (Lipinski definition) is 9. The number of ether oxygens (including phenoxy) is 6. The van der Waals surface area contributed by atoms with Crippen LogP contribution in [0.3, 0.4) is 0 Å². The van der Waals surface area contributed by atoms with Gasteiger partial charge in [0.15, 0.2) is 0 Å². The first-order chi connectivity index (χ1) is 20.1. The summed E-state index contributed by atoms with van der Waals surface area (Å²) in [7, 11) is 3.18. The Labute approximate surface area is 253 Å². The van der Waals surface area contributed by atoms with E-state index < -0.39 is 41.5 Å². The van der Waals surface area contributed by atoms with E-state index in [1.54, 1.807) is 72.2 Å². The first kappa shape index (κ1) is 34.9. The van der Waals surface area contributed by atoms with Crippen LogP contribution in [0, 0.1) is 0 Å². The quantitative estimate of drug-likeness (QED) is 0.138. The third kappa shape index (κ3) is 13.5. The average Bonchev–Trinajstić information content (AvgIpc) is 2.91. The van der Waals surface area contributed by atoms with Gasteiger partial charge < -0.3 is 39.1 Å². The van der Waals surface area contributed by atoms with Gasteiger partial charge in [-0.15, -0.1) is 0 Å². The number of rotatable bonds is 12. The molecule has 11 heteroatoms. The van der Waals surface area contributed by atoms with Crippen molar-refractivity contribution in [3.63, 3.8) is 0 Å². The number of amides is 2. The number of methoxy groups -OCH3 is 2. The molecule has 0 aliphatic carbocycles. The smallest absolute Gasteiger partial charge is 0.497 e. The van der Waals surface area contributed by atoms with E-state index >= 15 is 0 Å². The maximum absolute atomic E-state index is 12.9. The van der Waals surface area contributed by atoms with Crippen LogP contribution in [0.4, 0.5) is 9.59 Å². The summed E-state index contributed by atoms with van der Waals surface area (Å²) in [6, 6.07) is 11.4. The second-order valence-corrected chi connectivity index (χ2v) is 11.6. The van der Waals surface area contributed by atoms with Gasteiger partial charge in [0.05, 0.1) is 32.5 Å². The Hall–Kier alpha value is -4.25. The lowest BCUT2D eigenvalue weighted by molar-refractivity contribution is -0.131. The summed E-state index contributed by atoms with van der Waals surface area (Å²) in [4.78, 5) is 37.4. The summed E-state index contributed by atoms with van der Waals surface area (Å²) in [5, 5.41) is 5.21. The minimum atomic E-state index is -1.04. The van der Waals surface area contributed by atoms with E-state index in [4.69, 9.17) is 28.4 Å². The van der Waals surface area contributed by atoms with Crippen molar-refractivity contribution in [3.8, 4) is 17.2 Å². The molecule has 2 atom stereocenters. The Morgan fingerprint density at radius 2 is 1.40 bits per heavy atom. The van der Waals surface area contributed by atoms with Crippen molar-refractivity contribution < 1.29 is 42.8 Å². The van der Waals surface area contributed by atoms with Crippen LogP contribution >= 0.6 is 0 Å². The van der Waals surface area contributed by atoms with E-state index in [2.05, 4.69) is 10.6 Å². The topological polar surface area (TPSA) is 131 Å². The summed E-state index contributed by atoms with van der Waals surface area (Å²) in [6.07, 6.45) is 1.46. The predicted molar refractivity (Wildman–Crippen MR) is 163 cm³/mol. The highest BCUT2D eigenvalue weighted by atomic mass is 16.7. The minimum Gasteiger partial charge on any atom is -0.497 e. The lowest BCUT2D eigenvalue weighted by Gasteiger charge is -2.31. The second-order valence-electron chi connectivity index (χ2n) is 11.6. The van der Waals surface area contributed by atoms with Gasteiger partial charge in [0.2, 0.25) is 5.91 Å². The number of benzene rings is 2. The monoisotopic (exact) mass is 600 g/mol. The molecule has 0 fully saturated rings. The van der Waals surface area contributed by atoms with Crippen molar-refractivity contribution in [2.45, 2.75) is 71.8 Å². The molecule has 0 aliphatic heterocycles. The Morgan fingerprint density at radius 1 is 0.814 bits per heavy atom. The zero-order valence-corrected chi connectivity index (χ0v) is 26.4. The molecular formula is C32H44N2O9. The molecule has 2 aromatic rings. The van der Waals surface area contributed by atoms with E-state index in [1.165, 1.54) is 0 Å². The van der Waals surface area contributed by atoms with Crippen molar-refractivity contribution in [2.24, 2.45) is 0 Å². The summed E-state index contributed by atoms with van der Waals surface area (Å²) < 4.78 is 32.0. The summed E-state index contributed by atoms with van der Waals surface area (Å²) in [6.45, 7) is 12.2. The molecule has 0 saturated carbocycles. The van der Waals surface area contributed by atoms with Crippen LogP contribution in [0.1, 0.15) is 59.6 Å². The van der Waals surface area contributed by atoms with E-state index in [0.29, 0.717) is 17.2 Å². The Morgan fingerprint density at radius 3 is 1.93 bits per heavy atom. The highest BCUT2D eigenvalue weighted by molar-refractivity contribution is 5.86. The molecule has 2 aromatic carbocycles. The van der Waals surface area contributed by atoms with Crippen molar-refractivity contribution in [1.82, 2.24) is 10.6 Å². The third-order valence-electron chi connectivity index (χ3n) is 5.51. The zero-order valence-electron chi connectivity index (χ0n) is 26.4. The van der Waals surface area contributed by atoms with Gasteiger partial charge in [-0.2, -0.15) is 0 Å². The average molecular weight is 601 g/mol. The molecule has 0 bridgehead atoms. The minimum absolute atomic E-state index is 0.0124. The predicted octanol–water partition coefficient (Wildman–Crippen LogP) is 5.60. The molecule has 11 nitrogen and oxygen atoms in total. The molecule has 2 rings (SSSR count). The van der Waals surface area contributed by atoms with Gasteiger partial charge in [-0.25, -0.2) is 9.59 Å². The molecular weight excluding hydrogens is 556 g/mol. The van der Waals surface area contributed by atoms with Crippen LogP contribution in [0.5, 0.6) is 17.2 Å². The largest absolute Gasteiger partial charge is 0.513 e. The maximum Gasteiger partial charge on any atom is 0.513 e. The molecule has 0 saturated heterocycles. The number of nitrogens with one attached hydrogen (secondary N) is 2. The summed E-state index contributed by atoms with van der Waals surface area (Å²) >= 11 is 0. The molecule has 236 valence electrons. The third-order valence-corrected chi connectivity index (χ3v) is 5.51. The lowest BCUT2D eigenvalue weighted by atomic mass is 10.1. The highest BCUT2D eigenvalue weighted by Crippen LogP contribution is 2.24. The van der Waals surface area contributed by atoms with Crippen LogP contribution in [-0.4, -0.2) is 68.9 Å². The van der Waals surface area contributed by atoms with Crippen LogP contribution in [-0.2, 0) is 19.0 Å². The highest BCUT2D eigenvalue weighted by Gasteiger charge is 2.32. The van der Waals surface area contributed by atoms with E-state index in [0.717, 1.165) is 11.1 Å². The van der Waals surface area contributed by atoms with Crippen LogP contribution in [0.15, 0.2) is 42.5 Å². The van der Waals surface area contributed by atoms with Gasteiger partial charge in [0.25, 0.3) is 0 Å². The fraction of sp³-hybridized carbons (Fsp3) is 0.469. The van der Waals surface area contributed by atoms with Crippen LogP contribution in [0.2, 0.25) is 0 Å². The molecule has 2 N–H and O–H groups in total. The Bertz CT molecular complexity index is 1220. The molecule has 2 amide bonds. The van der Waals surface area contributed by atoms with E-state index in [-0.39, 0.29) is 13.2 Å². The van der Waals surface area contributed by atoms with E-state index in [1.807, 2.05) is 45.1 Å². The molecule has 2 unspecified atom stereocenters. The van der Waals surface area contributed by atoms with Gasteiger partial charge >= 0.3 is 12.2 Å². The summed E-state index contributed by atoms with van der Waals surface area (Å²) in [5.41, 5.74) is 0.481. The van der Waals surface area contributed by atoms with Gasteiger partial charge in [-0.3, -0.25) is 4.79 Å². The molecule has 0 aromatic heterocycles. The molecule has 0 aliphatic rings. The lowest BCUT2D eigenvalue weighted by Crippen LogP contribution is -2.55. The maximum atomic E-state index is 12.9. The first-order valence-electron chi connectivity index (χ1n) is 13.9. The fourth-order valence-electron chi connectivity index (χ4n) is 3.77. The molecule has 0 heterocycles. The molecule has 0 radical (unpaired) electrons. The SMILES string of the molecule is COc1cc(/C=C/c2ccc(OC(=O)OCCNC(=O)C(NC(=O)OC(C)(C)C)C(C)OC(C)(C)C)cc2)cc(OC)c1. The standard InChI is InChI=1S/C32H44N2O9/c1-21(42-31(2,3)4)27(34-29(36)43-32(5,6)7)28(35)33-16-17-40-30(37)41-24-14-12-22(13-15-24)10-11-23-18-25(38-8)20-26(19-23)39-9/h10-15,18-21,27H,16-17H2,1-9H3,(H,33,35)(H,34,36)/b11-10+. The van der Waals surface area contributed by atoms with Gasteiger partial charge in [-0.05, 0) is 83.9 Å². The Balaban J connectivity index is 1.87. The van der Waals surface area contributed by atoms with Gasteiger partial charge in [-0.1, -0.05) is 24.3 Å².